The molecule has 0 spiro atoms. The maximum atomic E-state index is 2.26. The smallest absolute Gasteiger partial charge is 0.0126 e. The molecule has 2 aromatic rings. The van der Waals surface area contributed by atoms with Gasteiger partial charge in [0.2, 0.25) is 0 Å². The summed E-state index contributed by atoms with van der Waals surface area (Å²) in [6, 6.07) is 15.1. The lowest BCUT2D eigenvalue weighted by atomic mass is 9.84. The molecule has 0 N–H and O–H groups in total. The van der Waals surface area contributed by atoms with E-state index in [0.29, 0.717) is 0 Å². The Morgan fingerprint density at radius 3 is 2.07 bits per heavy atom. The molecule has 0 atom stereocenters. The van der Waals surface area contributed by atoms with Gasteiger partial charge in [0.1, 0.15) is 0 Å². The van der Waals surface area contributed by atoms with Crippen LogP contribution in [0.4, 0.5) is 0 Å². The molecule has 0 heterocycles. The van der Waals surface area contributed by atoms with Crippen molar-refractivity contribution in [3.63, 3.8) is 0 Å². The third-order valence-corrected chi connectivity index (χ3v) is 2.60. The summed E-state index contributed by atoms with van der Waals surface area (Å²) in [6.45, 7) is 6.78. The van der Waals surface area contributed by atoms with Gasteiger partial charge >= 0.3 is 0 Å². The molecule has 0 aromatic heterocycles. The summed E-state index contributed by atoms with van der Waals surface area (Å²) in [4.78, 5) is 0. The predicted octanol–water partition coefficient (Wildman–Crippen LogP) is 4.77. The first-order valence-corrected chi connectivity index (χ1v) is 5.07. The molecule has 0 unspecified atom stereocenters. The average Bonchev–Trinajstić information content (AvgIpc) is 2.15. The van der Waals surface area contributed by atoms with Gasteiger partial charge < -0.3 is 0 Å². The molecule has 0 bridgehead atoms. The fraction of sp³-hybridized carbons (Fsp3) is 0.333. The summed E-state index contributed by atoms with van der Waals surface area (Å²) >= 11 is 0. The summed E-state index contributed by atoms with van der Waals surface area (Å²) in [5.41, 5.74) is 1.65. The number of benzene rings is 2. The number of rotatable bonds is 0. The van der Waals surface area contributed by atoms with Gasteiger partial charge in [-0.15, -0.1) is 0 Å². The van der Waals surface area contributed by atoms with Gasteiger partial charge in [-0.2, -0.15) is 0 Å². The summed E-state index contributed by atoms with van der Waals surface area (Å²) in [6.07, 6.45) is 0. The van der Waals surface area contributed by atoms with Gasteiger partial charge in [0.15, 0.2) is 0 Å². The van der Waals surface area contributed by atoms with Gasteiger partial charge in [0, 0.05) is 0 Å². The summed E-state index contributed by atoms with van der Waals surface area (Å²) < 4.78 is 0. The molecule has 0 amide bonds. The van der Waals surface area contributed by atoms with Crippen molar-refractivity contribution in [2.45, 2.75) is 33.6 Å². The van der Waals surface area contributed by atoms with Gasteiger partial charge in [-0.25, -0.2) is 0 Å². The van der Waals surface area contributed by atoms with Crippen LogP contribution in [0.2, 0.25) is 0 Å². The van der Waals surface area contributed by atoms with E-state index in [9.17, 15) is 0 Å². The first-order chi connectivity index (χ1) is 6.59. The molecular weight excluding hydrogens is 180 g/mol. The summed E-state index contributed by atoms with van der Waals surface area (Å²) in [7, 11) is 0. The molecule has 0 aliphatic heterocycles. The first-order valence-electron chi connectivity index (χ1n) is 5.07. The van der Waals surface area contributed by atoms with E-state index in [-0.39, 0.29) is 12.8 Å². The standard InChI is InChI=1S/C14H16.CH4/c1-14(2,3)13-10-6-8-11-7-4-5-9-12(11)13;/h4-10H,1-3H3;1H4. The molecule has 0 saturated carbocycles. The second-order valence-corrected chi connectivity index (χ2v) is 4.78. The van der Waals surface area contributed by atoms with Crippen LogP contribution in [-0.2, 0) is 5.41 Å². The zero-order valence-electron chi connectivity index (χ0n) is 9.04. The van der Waals surface area contributed by atoms with Gasteiger partial charge in [-0.3, -0.25) is 0 Å². The van der Waals surface area contributed by atoms with Crippen LogP contribution >= 0.6 is 0 Å². The quantitative estimate of drug-likeness (QED) is 0.574. The van der Waals surface area contributed by atoms with E-state index in [4.69, 9.17) is 0 Å². The highest BCUT2D eigenvalue weighted by Crippen LogP contribution is 2.29. The van der Waals surface area contributed by atoms with Crippen molar-refractivity contribution in [2.75, 3.05) is 0 Å². The van der Waals surface area contributed by atoms with Crippen molar-refractivity contribution < 1.29 is 0 Å². The molecule has 2 rings (SSSR count). The van der Waals surface area contributed by atoms with Gasteiger partial charge in [0.05, 0.1) is 0 Å². The van der Waals surface area contributed by atoms with Crippen LogP contribution < -0.4 is 0 Å². The minimum atomic E-state index is 0. The second-order valence-electron chi connectivity index (χ2n) is 4.78. The molecule has 15 heavy (non-hydrogen) atoms. The molecule has 0 fully saturated rings. The molecule has 0 aliphatic carbocycles. The van der Waals surface area contributed by atoms with Crippen LogP contribution in [0.25, 0.3) is 10.8 Å². The van der Waals surface area contributed by atoms with Crippen molar-refractivity contribution in [1.82, 2.24) is 0 Å². The van der Waals surface area contributed by atoms with Crippen LogP contribution in [0.15, 0.2) is 42.5 Å². The molecular formula is C15H20. The van der Waals surface area contributed by atoms with E-state index in [1.54, 1.807) is 0 Å². The van der Waals surface area contributed by atoms with Crippen LogP contribution in [0, 0.1) is 0 Å². The molecule has 2 aromatic carbocycles. The Balaban J connectivity index is 0.00000112. The Hall–Kier alpha value is -1.30. The Morgan fingerprint density at radius 2 is 1.40 bits per heavy atom. The molecule has 0 aliphatic rings. The molecule has 0 saturated heterocycles. The van der Waals surface area contributed by atoms with E-state index in [1.807, 2.05) is 0 Å². The fourth-order valence-electron chi connectivity index (χ4n) is 1.88. The largest absolute Gasteiger partial charge is 0.0776 e. The highest BCUT2D eigenvalue weighted by molar-refractivity contribution is 5.86. The Labute approximate surface area is 92.9 Å². The minimum Gasteiger partial charge on any atom is -0.0776 e. The Morgan fingerprint density at radius 1 is 0.800 bits per heavy atom. The van der Waals surface area contributed by atoms with Gasteiger partial charge in [0.25, 0.3) is 0 Å². The van der Waals surface area contributed by atoms with E-state index in [0.717, 1.165) is 0 Å². The van der Waals surface area contributed by atoms with Crippen LogP contribution in [0.1, 0.15) is 33.8 Å². The zero-order chi connectivity index (χ0) is 10.2. The SMILES string of the molecule is C.CC(C)(C)c1cccc2ccccc12. The summed E-state index contributed by atoms with van der Waals surface area (Å²) in [5, 5.41) is 2.71. The lowest BCUT2D eigenvalue weighted by Gasteiger charge is -2.21. The van der Waals surface area contributed by atoms with Gasteiger partial charge in [-0.05, 0) is 21.8 Å². The van der Waals surface area contributed by atoms with E-state index in [2.05, 4.69) is 63.2 Å². The lowest BCUT2D eigenvalue weighted by molar-refractivity contribution is 0.596. The molecule has 80 valence electrons. The fourth-order valence-corrected chi connectivity index (χ4v) is 1.88. The van der Waals surface area contributed by atoms with Crippen molar-refractivity contribution in [1.29, 1.82) is 0 Å². The maximum Gasteiger partial charge on any atom is -0.0126 e. The van der Waals surface area contributed by atoms with E-state index >= 15 is 0 Å². The molecule has 0 heteroatoms. The summed E-state index contributed by atoms with van der Waals surface area (Å²) in [5.74, 6) is 0. The monoisotopic (exact) mass is 200 g/mol. The van der Waals surface area contributed by atoms with E-state index in [1.165, 1.54) is 16.3 Å². The topological polar surface area (TPSA) is 0 Å². The van der Waals surface area contributed by atoms with Crippen molar-refractivity contribution in [3.05, 3.63) is 48.0 Å². The number of hydrogen-bond donors (Lipinski definition) is 0. The third kappa shape index (κ3) is 2.20. The van der Waals surface area contributed by atoms with Crippen LogP contribution in [0.3, 0.4) is 0 Å². The van der Waals surface area contributed by atoms with Crippen molar-refractivity contribution in [2.24, 2.45) is 0 Å². The Kier molecular flexibility index (Phi) is 3.18. The first kappa shape index (κ1) is 11.8. The van der Waals surface area contributed by atoms with Gasteiger partial charge in [-0.1, -0.05) is 70.7 Å². The lowest BCUT2D eigenvalue weighted by Crippen LogP contribution is -2.11. The third-order valence-electron chi connectivity index (χ3n) is 2.60. The number of fused-ring (bicyclic) bond motifs is 1. The average molecular weight is 200 g/mol. The second kappa shape index (κ2) is 4.06. The van der Waals surface area contributed by atoms with Crippen molar-refractivity contribution >= 4 is 10.8 Å². The number of hydrogen-bond acceptors (Lipinski definition) is 0. The van der Waals surface area contributed by atoms with Crippen LogP contribution in [-0.4, -0.2) is 0 Å². The van der Waals surface area contributed by atoms with Crippen LogP contribution in [0.5, 0.6) is 0 Å². The van der Waals surface area contributed by atoms with Crippen molar-refractivity contribution in [3.8, 4) is 0 Å². The Bertz CT molecular complexity index is 442. The highest BCUT2D eigenvalue weighted by Gasteiger charge is 2.15. The molecule has 0 radical (unpaired) electrons. The molecule has 0 nitrogen and oxygen atoms in total. The normalized spacial score (nSPS) is 11.1. The van der Waals surface area contributed by atoms with E-state index < -0.39 is 0 Å². The highest BCUT2D eigenvalue weighted by atomic mass is 14.2. The maximum absolute atomic E-state index is 2.26. The zero-order valence-corrected chi connectivity index (χ0v) is 9.04. The predicted molar refractivity (Wildman–Crippen MR) is 69.4 cm³/mol. The minimum absolute atomic E-state index is 0.